The molecule has 1 aromatic carbocycles. The molecule has 2 rings (SSSR count). The van der Waals surface area contributed by atoms with Crippen molar-refractivity contribution in [1.29, 1.82) is 0 Å². The Hall–Kier alpha value is -1.81. The molecule has 0 spiro atoms. The van der Waals surface area contributed by atoms with Gasteiger partial charge in [-0.25, -0.2) is 0 Å². The summed E-state index contributed by atoms with van der Waals surface area (Å²) >= 11 is 5.97. The van der Waals surface area contributed by atoms with E-state index in [2.05, 4.69) is 10.6 Å². The van der Waals surface area contributed by atoms with Crippen LogP contribution in [0.3, 0.4) is 0 Å². The topological polar surface area (TPSA) is 58.2 Å². The lowest BCUT2D eigenvalue weighted by Crippen LogP contribution is -2.53. The SMILES string of the molecule is C[C@H]1NC(=O)/C(=C\c2ccccc2Cl)NC1=O. The molecule has 0 saturated carbocycles. The van der Waals surface area contributed by atoms with Crippen molar-refractivity contribution in [3.05, 3.63) is 40.5 Å². The fourth-order valence-electron chi connectivity index (χ4n) is 1.49. The lowest BCUT2D eigenvalue weighted by atomic mass is 10.1. The van der Waals surface area contributed by atoms with Crippen LogP contribution in [-0.4, -0.2) is 17.9 Å². The van der Waals surface area contributed by atoms with E-state index in [0.717, 1.165) is 0 Å². The lowest BCUT2D eigenvalue weighted by molar-refractivity contribution is -0.130. The van der Waals surface area contributed by atoms with Crippen LogP contribution in [0, 0.1) is 0 Å². The van der Waals surface area contributed by atoms with Crippen molar-refractivity contribution in [2.45, 2.75) is 13.0 Å². The molecule has 1 heterocycles. The van der Waals surface area contributed by atoms with E-state index in [1.165, 1.54) is 0 Å². The molecule has 0 aromatic heterocycles. The molecule has 0 radical (unpaired) electrons. The summed E-state index contributed by atoms with van der Waals surface area (Å²) in [5, 5.41) is 5.63. The molecule has 5 heteroatoms. The monoisotopic (exact) mass is 250 g/mol. The third kappa shape index (κ3) is 2.47. The molecule has 1 aromatic rings. The first-order chi connectivity index (χ1) is 8.08. The zero-order valence-electron chi connectivity index (χ0n) is 9.16. The summed E-state index contributed by atoms with van der Waals surface area (Å²) in [7, 11) is 0. The smallest absolute Gasteiger partial charge is 0.268 e. The van der Waals surface area contributed by atoms with Gasteiger partial charge in [0.2, 0.25) is 5.91 Å². The van der Waals surface area contributed by atoms with Crippen LogP contribution < -0.4 is 10.6 Å². The summed E-state index contributed by atoms with van der Waals surface area (Å²) in [6.07, 6.45) is 1.56. The molecule has 88 valence electrons. The number of benzene rings is 1. The minimum Gasteiger partial charge on any atom is -0.339 e. The van der Waals surface area contributed by atoms with Gasteiger partial charge in [0.15, 0.2) is 0 Å². The van der Waals surface area contributed by atoms with E-state index in [1.807, 2.05) is 6.07 Å². The minimum absolute atomic E-state index is 0.209. The van der Waals surface area contributed by atoms with E-state index in [1.54, 1.807) is 31.2 Å². The first-order valence-electron chi connectivity index (χ1n) is 5.16. The maximum absolute atomic E-state index is 11.6. The Balaban J connectivity index is 2.31. The predicted molar refractivity (Wildman–Crippen MR) is 65.2 cm³/mol. The van der Waals surface area contributed by atoms with E-state index in [0.29, 0.717) is 10.6 Å². The number of amides is 2. The highest BCUT2D eigenvalue weighted by atomic mass is 35.5. The van der Waals surface area contributed by atoms with E-state index >= 15 is 0 Å². The van der Waals surface area contributed by atoms with Crippen LogP contribution in [-0.2, 0) is 9.59 Å². The molecule has 0 bridgehead atoms. The molecular weight excluding hydrogens is 240 g/mol. The average Bonchev–Trinajstić information content (AvgIpc) is 2.29. The van der Waals surface area contributed by atoms with Crippen LogP contribution in [0.15, 0.2) is 30.0 Å². The second-order valence-corrected chi connectivity index (χ2v) is 4.17. The van der Waals surface area contributed by atoms with Crippen molar-refractivity contribution in [2.24, 2.45) is 0 Å². The molecule has 1 saturated heterocycles. The summed E-state index contributed by atoms with van der Waals surface area (Å²) in [4.78, 5) is 23.1. The number of hydrogen-bond donors (Lipinski definition) is 2. The Bertz CT molecular complexity index is 511. The maximum atomic E-state index is 11.6. The Morgan fingerprint density at radius 1 is 1.29 bits per heavy atom. The molecule has 4 nitrogen and oxygen atoms in total. The molecule has 1 aliphatic heterocycles. The van der Waals surface area contributed by atoms with Gasteiger partial charge in [0.1, 0.15) is 11.7 Å². The van der Waals surface area contributed by atoms with Gasteiger partial charge in [0, 0.05) is 5.02 Å². The van der Waals surface area contributed by atoms with Crippen molar-refractivity contribution in [1.82, 2.24) is 10.6 Å². The second kappa shape index (κ2) is 4.59. The molecule has 1 fully saturated rings. The Morgan fingerprint density at radius 2 is 2.00 bits per heavy atom. The van der Waals surface area contributed by atoms with Crippen molar-refractivity contribution < 1.29 is 9.59 Å². The van der Waals surface area contributed by atoms with Gasteiger partial charge in [-0.15, -0.1) is 0 Å². The lowest BCUT2D eigenvalue weighted by Gasteiger charge is -2.22. The normalized spacial score (nSPS) is 22.2. The van der Waals surface area contributed by atoms with Crippen LogP contribution >= 0.6 is 11.6 Å². The molecular formula is C12H11ClN2O2. The van der Waals surface area contributed by atoms with Crippen molar-refractivity contribution in [3.8, 4) is 0 Å². The Morgan fingerprint density at radius 3 is 2.71 bits per heavy atom. The van der Waals surface area contributed by atoms with Crippen LogP contribution in [0.2, 0.25) is 5.02 Å². The third-order valence-corrected chi connectivity index (χ3v) is 2.79. The molecule has 2 amide bonds. The minimum atomic E-state index is -0.508. The number of nitrogens with one attached hydrogen (secondary N) is 2. The van der Waals surface area contributed by atoms with Gasteiger partial charge in [-0.05, 0) is 24.6 Å². The molecule has 2 N–H and O–H groups in total. The van der Waals surface area contributed by atoms with Crippen molar-refractivity contribution in [2.75, 3.05) is 0 Å². The van der Waals surface area contributed by atoms with Gasteiger partial charge < -0.3 is 10.6 Å². The van der Waals surface area contributed by atoms with Crippen molar-refractivity contribution >= 4 is 29.5 Å². The highest BCUT2D eigenvalue weighted by Crippen LogP contribution is 2.18. The summed E-state index contributed by atoms with van der Waals surface area (Å²) in [6.45, 7) is 1.62. The highest BCUT2D eigenvalue weighted by molar-refractivity contribution is 6.32. The molecule has 1 atom stereocenters. The van der Waals surface area contributed by atoms with Gasteiger partial charge in [0.25, 0.3) is 5.91 Å². The number of halogens is 1. The van der Waals surface area contributed by atoms with Crippen molar-refractivity contribution in [3.63, 3.8) is 0 Å². The van der Waals surface area contributed by atoms with Gasteiger partial charge >= 0.3 is 0 Å². The van der Waals surface area contributed by atoms with Crippen LogP contribution in [0.4, 0.5) is 0 Å². The van der Waals surface area contributed by atoms with Crippen LogP contribution in [0.1, 0.15) is 12.5 Å². The summed E-state index contributed by atoms with van der Waals surface area (Å²) in [5.41, 5.74) is 0.898. The number of rotatable bonds is 1. The standard InChI is InChI=1S/C12H11ClN2O2/c1-7-11(16)15-10(12(17)14-7)6-8-4-2-3-5-9(8)13/h2-7H,1H3,(H,14,17)(H,15,16)/b10-6+/t7-/m1/s1. The summed E-state index contributed by atoms with van der Waals surface area (Å²) in [5.74, 6) is -0.542. The van der Waals surface area contributed by atoms with Crippen LogP contribution in [0.25, 0.3) is 6.08 Å². The van der Waals surface area contributed by atoms with Gasteiger partial charge in [-0.3, -0.25) is 9.59 Å². The zero-order valence-corrected chi connectivity index (χ0v) is 9.91. The first kappa shape index (κ1) is 11.7. The second-order valence-electron chi connectivity index (χ2n) is 3.76. The molecule has 17 heavy (non-hydrogen) atoms. The van der Waals surface area contributed by atoms with Gasteiger partial charge in [0.05, 0.1) is 0 Å². The number of piperazine rings is 1. The molecule has 0 aliphatic carbocycles. The third-order valence-electron chi connectivity index (χ3n) is 2.45. The zero-order chi connectivity index (χ0) is 12.4. The highest BCUT2D eigenvalue weighted by Gasteiger charge is 2.25. The quantitative estimate of drug-likeness (QED) is 0.739. The number of hydrogen-bond acceptors (Lipinski definition) is 2. The fraction of sp³-hybridized carbons (Fsp3) is 0.167. The van der Waals surface area contributed by atoms with E-state index in [9.17, 15) is 9.59 Å². The molecule has 0 unspecified atom stereocenters. The number of carbonyl (C=O) groups excluding carboxylic acids is 2. The number of carbonyl (C=O) groups is 2. The van der Waals surface area contributed by atoms with Crippen LogP contribution in [0.5, 0.6) is 0 Å². The fourth-order valence-corrected chi connectivity index (χ4v) is 1.68. The predicted octanol–water partition coefficient (Wildman–Crippen LogP) is 1.32. The average molecular weight is 251 g/mol. The molecule has 1 aliphatic rings. The summed E-state index contributed by atoms with van der Waals surface area (Å²) < 4.78 is 0. The first-order valence-corrected chi connectivity index (χ1v) is 5.53. The Labute approximate surface area is 104 Å². The van der Waals surface area contributed by atoms with Gasteiger partial charge in [-0.2, -0.15) is 0 Å². The van der Waals surface area contributed by atoms with E-state index in [4.69, 9.17) is 11.6 Å². The van der Waals surface area contributed by atoms with Gasteiger partial charge in [-0.1, -0.05) is 29.8 Å². The van der Waals surface area contributed by atoms with E-state index in [-0.39, 0.29) is 17.5 Å². The maximum Gasteiger partial charge on any atom is 0.268 e. The van der Waals surface area contributed by atoms with E-state index < -0.39 is 6.04 Å². The largest absolute Gasteiger partial charge is 0.339 e. The Kier molecular flexibility index (Phi) is 3.15. The summed E-state index contributed by atoms with van der Waals surface area (Å²) in [6, 6.07) is 6.59.